The van der Waals surface area contributed by atoms with Gasteiger partial charge in [0.1, 0.15) is 0 Å². The Kier molecular flexibility index (Phi) is 8.47. The van der Waals surface area contributed by atoms with Crippen LogP contribution in [0.3, 0.4) is 0 Å². The number of aromatic nitrogens is 3. The van der Waals surface area contributed by atoms with Crippen LogP contribution in [0.5, 0.6) is 0 Å². The number of hydrogen-bond acceptors (Lipinski definition) is 3. The minimum atomic E-state index is -0.158. The molecular weight excluding hydrogens is 799 g/mol. The molecule has 1 aromatic heterocycles. The summed E-state index contributed by atoms with van der Waals surface area (Å²) in [5.74, 6) is 1.94. The van der Waals surface area contributed by atoms with E-state index in [1.807, 2.05) is 18.2 Å². The maximum atomic E-state index is 5.39. The third-order valence-electron chi connectivity index (χ3n) is 14.2. The lowest BCUT2D eigenvalue weighted by molar-refractivity contribution is 0.660. The van der Waals surface area contributed by atoms with Crippen LogP contribution in [0.4, 0.5) is 0 Å². The largest absolute Gasteiger partial charge is 0.208 e. The maximum Gasteiger partial charge on any atom is 0.164 e. The number of benzene rings is 10. The number of rotatable bonds is 6. The average Bonchev–Trinajstić information content (AvgIpc) is 3.82. The number of nitrogens with zero attached hydrogens (tertiary/aromatic N) is 3. The molecule has 13 rings (SSSR count). The lowest BCUT2D eigenvalue weighted by Crippen LogP contribution is -2.15. The monoisotopic (exact) mass is 841 g/mol. The summed E-state index contributed by atoms with van der Waals surface area (Å²) in [4.78, 5) is 15.9. The summed E-state index contributed by atoms with van der Waals surface area (Å²) in [6.45, 7) is 6.82. The van der Waals surface area contributed by atoms with E-state index in [-0.39, 0.29) is 5.41 Å². The van der Waals surface area contributed by atoms with Gasteiger partial charge in [-0.15, -0.1) is 0 Å². The van der Waals surface area contributed by atoms with Gasteiger partial charge < -0.3 is 0 Å². The molecule has 3 nitrogen and oxygen atoms in total. The Morgan fingerprint density at radius 1 is 0.288 bits per heavy atom. The van der Waals surface area contributed by atoms with Crippen molar-refractivity contribution >= 4 is 21.5 Å². The molecule has 310 valence electrons. The zero-order valence-corrected chi connectivity index (χ0v) is 37.0. The molecule has 2 aliphatic carbocycles. The van der Waals surface area contributed by atoms with Crippen LogP contribution < -0.4 is 0 Å². The Hall–Kier alpha value is -8.27. The standard InChI is InChI=1S/C63H43N3/c1-38-15-7-8-18-45(38)42-27-25-41-36-43(28-26-40(41)35-42)46-31-32-52-47-19-9-10-20-48(47)53-33-34-54(58(46)59(52)53)49-21-11-12-23-55(49)62-65-60(39-16-5-4-6-17-39)64-61(66-62)44-29-30-51-50-22-13-14-24-56(50)63(2,3)57(51)37-44/h4-37H,1-3H3. The predicted molar refractivity (Wildman–Crippen MR) is 274 cm³/mol. The van der Waals surface area contributed by atoms with Crippen LogP contribution in [0, 0.1) is 6.92 Å². The summed E-state index contributed by atoms with van der Waals surface area (Å²) >= 11 is 0. The molecule has 2 aliphatic rings. The topological polar surface area (TPSA) is 38.7 Å². The van der Waals surface area contributed by atoms with E-state index >= 15 is 0 Å². The summed E-state index contributed by atoms with van der Waals surface area (Å²) in [7, 11) is 0. The lowest BCUT2D eigenvalue weighted by Gasteiger charge is -2.22. The van der Waals surface area contributed by atoms with E-state index in [0.717, 1.165) is 27.8 Å². The van der Waals surface area contributed by atoms with E-state index in [4.69, 9.17) is 15.0 Å². The molecular formula is C63H43N3. The first kappa shape index (κ1) is 38.2. The van der Waals surface area contributed by atoms with E-state index in [2.05, 4.69) is 209 Å². The Balaban J connectivity index is 1.01. The zero-order chi connectivity index (χ0) is 44.1. The number of fused-ring (bicyclic) bond motifs is 7. The van der Waals surface area contributed by atoms with Gasteiger partial charge in [-0.3, -0.25) is 0 Å². The van der Waals surface area contributed by atoms with E-state index in [1.165, 1.54) is 93.9 Å². The number of aryl methyl sites for hydroxylation is 1. The van der Waals surface area contributed by atoms with Crippen LogP contribution >= 0.6 is 0 Å². The van der Waals surface area contributed by atoms with Gasteiger partial charge in [-0.2, -0.15) is 0 Å². The predicted octanol–water partition coefficient (Wildman–Crippen LogP) is 16.4. The van der Waals surface area contributed by atoms with Gasteiger partial charge in [-0.25, -0.2) is 15.0 Å². The van der Waals surface area contributed by atoms with E-state index in [0.29, 0.717) is 17.5 Å². The van der Waals surface area contributed by atoms with Crippen LogP contribution in [-0.2, 0) is 5.41 Å². The van der Waals surface area contributed by atoms with Gasteiger partial charge in [-0.05, 0) is 130 Å². The molecule has 0 bridgehead atoms. The van der Waals surface area contributed by atoms with Crippen LogP contribution in [0.2, 0.25) is 0 Å². The minimum absolute atomic E-state index is 0.158. The third kappa shape index (κ3) is 5.86. The first-order valence-electron chi connectivity index (χ1n) is 22.8. The fourth-order valence-electron chi connectivity index (χ4n) is 10.9. The van der Waals surface area contributed by atoms with Crippen molar-refractivity contribution in [3.05, 3.63) is 223 Å². The van der Waals surface area contributed by atoms with Gasteiger partial charge in [0, 0.05) is 22.1 Å². The fraction of sp³-hybridized carbons (Fsp3) is 0.0635. The fourth-order valence-corrected chi connectivity index (χ4v) is 10.9. The summed E-state index contributed by atoms with van der Waals surface area (Å²) < 4.78 is 0. The Morgan fingerprint density at radius 2 is 0.727 bits per heavy atom. The molecule has 0 aliphatic heterocycles. The van der Waals surface area contributed by atoms with Crippen LogP contribution in [0.25, 0.3) is 122 Å². The first-order valence-corrected chi connectivity index (χ1v) is 22.8. The van der Waals surface area contributed by atoms with Crippen molar-refractivity contribution in [2.75, 3.05) is 0 Å². The summed E-state index contributed by atoms with van der Waals surface area (Å²) in [6.07, 6.45) is 0. The third-order valence-corrected chi connectivity index (χ3v) is 14.2. The first-order chi connectivity index (χ1) is 32.4. The van der Waals surface area contributed by atoms with Crippen molar-refractivity contribution in [1.82, 2.24) is 15.0 Å². The molecule has 1 heterocycles. The Morgan fingerprint density at radius 3 is 1.38 bits per heavy atom. The van der Waals surface area contributed by atoms with Gasteiger partial charge in [0.05, 0.1) is 0 Å². The molecule has 0 amide bonds. The van der Waals surface area contributed by atoms with Gasteiger partial charge >= 0.3 is 0 Å². The average molecular weight is 842 g/mol. The summed E-state index contributed by atoms with van der Waals surface area (Å²) in [5.41, 5.74) is 21.3. The van der Waals surface area contributed by atoms with Crippen molar-refractivity contribution in [2.45, 2.75) is 26.2 Å². The molecule has 0 saturated carbocycles. The van der Waals surface area contributed by atoms with E-state index < -0.39 is 0 Å². The van der Waals surface area contributed by atoms with Gasteiger partial charge in [0.25, 0.3) is 0 Å². The second kappa shape index (κ2) is 14.6. The molecule has 66 heavy (non-hydrogen) atoms. The molecule has 3 heteroatoms. The van der Waals surface area contributed by atoms with Crippen molar-refractivity contribution in [1.29, 1.82) is 0 Å². The molecule has 0 saturated heterocycles. The molecule has 0 spiro atoms. The molecule has 0 atom stereocenters. The van der Waals surface area contributed by atoms with Gasteiger partial charge in [0.2, 0.25) is 0 Å². The molecule has 0 unspecified atom stereocenters. The van der Waals surface area contributed by atoms with E-state index in [1.54, 1.807) is 0 Å². The Bertz CT molecular complexity index is 3780. The Labute approximate surface area is 384 Å². The SMILES string of the molecule is Cc1ccccc1-c1ccc2cc(-c3ccc4c5c(ccc(-c6ccccc6-c6nc(-c7ccccc7)nc(-c7ccc8c(c7)C(C)(C)c7ccccc7-8)n6)c35)-c3ccccc3-4)ccc2c1. The van der Waals surface area contributed by atoms with Crippen molar-refractivity contribution < 1.29 is 0 Å². The van der Waals surface area contributed by atoms with Crippen molar-refractivity contribution in [3.63, 3.8) is 0 Å². The highest BCUT2D eigenvalue weighted by Crippen LogP contribution is 2.53. The molecule has 0 radical (unpaired) electrons. The van der Waals surface area contributed by atoms with E-state index in [9.17, 15) is 0 Å². The molecule has 0 N–H and O–H groups in total. The highest BCUT2D eigenvalue weighted by atomic mass is 15.0. The van der Waals surface area contributed by atoms with Crippen molar-refractivity contribution in [3.8, 4) is 101 Å². The number of hydrogen-bond donors (Lipinski definition) is 0. The lowest BCUT2D eigenvalue weighted by atomic mass is 9.82. The maximum absolute atomic E-state index is 5.39. The van der Waals surface area contributed by atoms with Gasteiger partial charge in [0.15, 0.2) is 17.5 Å². The quantitative estimate of drug-likeness (QED) is 0.167. The summed E-state index contributed by atoms with van der Waals surface area (Å²) in [6, 6.07) is 75.0. The smallest absolute Gasteiger partial charge is 0.164 e. The summed E-state index contributed by atoms with van der Waals surface area (Å²) in [5, 5.41) is 4.93. The highest BCUT2D eigenvalue weighted by molar-refractivity contribution is 6.23. The molecule has 10 aromatic carbocycles. The van der Waals surface area contributed by atoms with Crippen LogP contribution in [0.15, 0.2) is 206 Å². The second-order valence-corrected chi connectivity index (χ2v) is 18.4. The highest BCUT2D eigenvalue weighted by Gasteiger charge is 2.35. The van der Waals surface area contributed by atoms with Crippen molar-refractivity contribution in [2.24, 2.45) is 0 Å². The van der Waals surface area contributed by atoms with Gasteiger partial charge in [-0.1, -0.05) is 202 Å². The zero-order valence-electron chi connectivity index (χ0n) is 37.0. The molecule has 11 aromatic rings. The van der Waals surface area contributed by atoms with Crippen LogP contribution in [-0.4, -0.2) is 15.0 Å². The second-order valence-electron chi connectivity index (χ2n) is 18.4. The molecule has 0 fully saturated rings. The van der Waals surface area contributed by atoms with Crippen LogP contribution in [0.1, 0.15) is 30.5 Å². The minimum Gasteiger partial charge on any atom is -0.208 e. The normalized spacial score (nSPS) is 12.9.